The normalized spacial score (nSPS) is 14.9. The first-order valence-corrected chi connectivity index (χ1v) is 22.6. The molecule has 324 valence electrons. The van der Waals surface area contributed by atoms with Gasteiger partial charge in [0, 0.05) is 56.4 Å². The summed E-state index contributed by atoms with van der Waals surface area (Å²) in [5, 5.41) is 7.18. The van der Waals surface area contributed by atoms with Crippen LogP contribution < -0.4 is 20.4 Å². The molecule has 2 aliphatic heterocycles. The fourth-order valence-corrected chi connectivity index (χ4v) is 8.89. The van der Waals surface area contributed by atoms with Crippen molar-refractivity contribution in [1.82, 2.24) is 19.9 Å². The van der Waals surface area contributed by atoms with Crippen molar-refractivity contribution in [3.8, 4) is 22.5 Å². The zero-order valence-electron chi connectivity index (χ0n) is 36.7. The second kappa shape index (κ2) is 17.6. The number of hydrogen-bond acceptors (Lipinski definition) is 10. The lowest BCUT2D eigenvalue weighted by Gasteiger charge is -2.34. The first-order chi connectivity index (χ1) is 33.7. The predicted octanol–water partition coefficient (Wildman–Crippen LogP) is 13.2. The molecule has 10 heteroatoms. The van der Waals surface area contributed by atoms with E-state index >= 15 is 0 Å². The van der Waals surface area contributed by atoms with E-state index in [1.165, 1.54) is 0 Å². The number of rotatable bonds is 10. The summed E-state index contributed by atoms with van der Waals surface area (Å²) in [7, 11) is 0. The quantitative estimate of drug-likeness (QED) is 0.140. The Morgan fingerprint density at radius 2 is 0.559 bits per heavy atom. The molecule has 4 heterocycles. The summed E-state index contributed by atoms with van der Waals surface area (Å²) < 4.78 is 0. The van der Waals surface area contributed by atoms with Crippen LogP contribution in [0.2, 0.25) is 0 Å². The Kier molecular flexibility index (Phi) is 10.4. The van der Waals surface area contributed by atoms with Gasteiger partial charge in [-0.3, -0.25) is 9.98 Å². The number of fused-ring (bicyclic) bond motifs is 3. The summed E-state index contributed by atoms with van der Waals surface area (Å²) in [6, 6.07) is 78.9. The van der Waals surface area contributed by atoms with E-state index < -0.39 is 12.3 Å². The van der Waals surface area contributed by atoms with Crippen LogP contribution in [0, 0.1) is 0 Å². The molecule has 0 saturated heterocycles. The molecule has 0 aliphatic carbocycles. The fourth-order valence-electron chi connectivity index (χ4n) is 8.89. The first-order valence-electron chi connectivity index (χ1n) is 22.6. The molecule has 8 aromatic carbocycles. The second-order valence-electron chi connectivity index (χ2n) is 16.5. The highest BCUT2D eigenvalue weighted by molar-refractivity contribution is 6.54. The Morgan fingerprint density at radius 1 is 0.279 bits per heavy atom. The van der Waals surface area contributed by atoms with Crippen LogP contribution in [0.15, 0.2) is 241 Å². The van der Waals surface area contributed by atoms with Gasteiger partial charge in [0.1, 0.15) is 0 Å². The van der Waals surface area contributed by atoms with E-state index in [9.17, 15) is 0 Å². The van der Waals surface area contributed by atoms with E-state index in [1.54, 1.807) is 0 Å². The fraction of sp³-hybridized carbons (Fsp3) is 0.0345. The van der Waals surface area contributed by atoms with Crippen molar-refractivity contribution < 1.29 is 0 Å². The zero-order valence-corrected chi connectivity index (χ0v) is 36.7. The van der Waals surface area contributed by atoms with Crippen molar-refractivity contribution >= 4 is 68.5 Å². The van der Waals surface area contributed by atoms with Crippen LogP contribution >= 0.6 is 0 Å². The van der Waals surface area contributed by atoms with Crippen molar-refractivity contribution in [1.29, 1.82) is 0 Å². The van der Waals surface area contributed by atoms with Crippen molar-refractivity contribution in [2.24, 2.45) is 9.98 Å². The number of nitrogens with one attached hydrogen (secondary N) is 2. The average molecular weight is 879 g/mol. The Balaban J connectivity index is 0.951. The number of anilines is 8. The van der Waals surface area contributed by atoms with Gasteiger partial charge in [0.15, 0.2) is 24.0 Å². The van der Waals surface area contributed by atoms with Gasteiger partial charge in [0.05, 0.1) is 22.8 Å². The number of aromatic nitrogens is 4. The molecule has 0 bridgehead atoms. The van der Waals surface area contributed by atoms with E-state index in [1.807, 2.05) is 84.9 Å². The Hall–Kier alpha value is -9.28. The Morgan fingerprint density at radius 3 is 0.868 bits per heavy atom. The Labute approximate surface area is 393 Å². The van der Waals surface area contributed by atoms with E-state index in [0.717, 1.165) is 79.2 Å². The van der Waals surface area contributed by atoms with Crippen LogP contribution in [-0.4, -0.2) is 43.7 Å². The van der Waals surface area contributed by atoms with Crippen LogP contribution in [0.25, 0.3) is 33.8 Å². The number of nitrogens with zero attached hydrogens (tertiary/aromatic N) is 8. The molecule has 2 aliphatic rings. The molecule has 2 aromatic heterocycles. The lowest BCUT2D eigenvalue weighted by molar-refractivity contribution is 0.608. The molecule has 0 saturated carbocycles. The SMILES string of the molecule is c1ccc(-c2nc3nc4c(nc3nc2-c2ccccc2)NC2N=C(c3ccc(N(c5ccccc5)c5ccccc5)cc3)C(c3ccc(N(c5ccccc5)c5ccccc5)cc3)=NC2N4)cc1. The molecule has 2 N–H and O–H groups in total. The van der Waals surface area contributed by atoms with Gasteiger partial charge in [0.25, 0.3) is 0 Å². The molecule has 0 amide bonds. The molecule has 2 unspecified atom stereocenters. The van der Waals surface area contributed by atoms with Gasteiger partial charge in [0.2, 0.25) is 11.3 Å². The third-order valence-electron chi connectivity index (χ3n) is 12.1. The molecule has 0 radical (unpaired) electrons. The average Bonchev–Trinajstić information content (AvgIpc) is 3.41. The summed E-state index contributed by atoms with van der Waals surface area (Å²) in [4.78, 5) is 35.7. The van der Waals surface area contributed by atoms with E-state index in [-0.39, 0.29) is 0 Å². The summed E-state index contributed by atoms with van der Waals surface area (Å²) in [6.45, 7) is 0. The van der Waals surface area contributed by atoms with Crippen LogP contribution in [0.1, 0.15) is 11.1 Å². The molecule has 10 nitrogen and oxygen atoms in total. The van der Waals surface area contributed by atoms with Crippen LogP contribution in [0.5, 0.6) is 0 Å². The number of hydrogen-bond donors (Lipinski definition) is 2. The summed E-state index contributed by atoms with van der Waals surface area (Å²) in [5.74, 6) is 1.06. The zero-order chi connectivity index (χ0) is 45.2. The van der Waals surface area contributed by atoms with Crippen molar-refractivity contribution in [2.75, 3.05) is 20.4 Å². The minimum atomic E-state index is -0.506. The smallest absolute Gasteiger partial charge is 0.200 e. The van der Waals surface area contributed by atoms with Gasteiger partial charge in [-0.15, -0.1) is 0 Å². The maximum atomic E-state index is 5.46. The molecule has 2 atom stereocenters. The monoisotopic (exact) mass is 878 g/mol. The van der Waals surface area contributed by atoms with Crippen molar-refractivity contribution in [2.45, 2.75) is 12.3 Å². The lowest BCUT2D eigenvalue weighted by atomic mass is 9.96. The lowest BCUT2D eigenvalue weighted by Crippen LogP contribution is -2.46. The van der Waals surface area contributed by atoms with Gasteiger partial charge in [-0.05, 0) is 72.8 Å². The standard InChI is InChI=1S/C58H42N10/c1-7-19-39(20-8-1)49-50(40-21-9-2-10-22-40)60-54-53(59-49)63-57-58(64-54)66-56-55(65-57)61-51(41-31-35-47(36-32-41)67(43-23-11-3-12-24-43)44-25-13-4-14-26-44)52(62-56)42-33-37-48(38-34-42)68(45-27-15-5-16-28-45)46-29-17-6-18-30-46/h1-38,55-56H,(H,59,63,65)(H,60,64,66). The molecular formula is C58H42N10. The van der Waals surface area contributed by atoms with E-state index in [2.05, 4.69) is 166 Å². The summed E-state index contributed by atoms with van der Waals surface area (Å²) in [5.41, 5.74) is 13.9. The number of para-hydroxylation sites is 4. The second-order valence-corrected chi connectivity index (χ2v) is 16.5. The first kappa shape index (κ1) is 40.2. The Bertz CT molecular complexity index is 3120. The highest BCUT2D eigenvalue weighted by Gasteiger charge is 2.35. The third kappa shape index (κ3) is 7.75. The van der Waals surface area contributed by atoms with Gasteiger partial charge in [-0.25, -0.2) is 19.9 Å². The van der Waals surface area contributed by atoms with Gasteiger partial charge in [-0.1, -0.05) is 158 Å². The predicted molar refractivity (Wildman–Crippen MR) is 276 cm³/mol. The van der Waals surface area contributed by atoms with Crippen LogP contribution in [-0.2, 0) is 0 Å². The van der Waals surface area contributed by atoms with Gasteiger partial charge < -0.3 is 20.4 Å². The molecule has 10 aromatic rings. The van der Waals surface area contributed by atoms with Gasteiger partial charge >= 0.3 is 0 Å². The minimum absolute atomic E-state index is 0.427. The molecule has 0 spiro atoms. The van der Waals surface area contributed by atoms with Gasteiger partial charge in [-0.2, -0.15) is 0 Å². The van der Waals surface area contributed by atoms with E-state index in [4.69, 9.17) is 29.9 Å². The van der Waals surface area contributed by atoms with Crippen LogP contribution in [0.3, 0.4) is 0 Å². The molecule has 12 rings (SSSR count). The highest BCUT2D eigenvalue weighted by Crippen LogP contribution is 2.38. The largest absolute Gasteiger partial charge is 0.342 e. The number of benzene rings is 8. The molecular weight excluding hydrogens is 837 g/mol. The maximum Gasteiger partial charge on any atom is 0.200 e. The maximum absolute atomic E-state index is 5.46. The van der Waals surface area contributed by atoms with Crippen molar-refractivity contribution in [3.05, 3.63) is 242 Å². The third-order valence-corrected chi connectivity index (χ3v) is 12.1. The van der Waals surface area contributed by atoms with Crippen LogP contribution in [0.4, 0.5) is 45.8 Å². The molecule has 68 heavy (non-hydrogen) atoms. The molecule has 0 fully saturated rings. The van der Waals surface area contributed by atoms with Crippen molar-refractivity contribution in [3.63, 3.8) is 0 Å². The summed E-state index contributed by atoms with van der Waals surface area (Å²) in [6.07, 6.45) is -1.01. The highest BCUT2D eigenvalue weighted by atomic mass is 15.3. The minimum Gasteiger partial charge on any atom is -0.342 e. The van der Waals surface area contributed by atoms with E-state index in [0.29, 0.717) is 22.9 Å². The number of aliphatic imine (C=N–C) groups is 2. The summed E-state index contributed by atoms with van der Waals surface area (Å²) >= 11 is 0. The topological polar surface area (TPSA) is 107 Å².